The maximum Gasteiger partial charge on any atom is 0.313 e. The molecule has 0 spiro atoms. The fraction of sp³-hybridized carbons (Fsp3) is 0.610. The van der Waals surface area contributed by atoms with E-state index >= 15 is 9.59 Å². The third kappa shape index (κ3) is 10.8. The fourth-order valence-electron chi connectivity index (χ4n) is 7.50. The van der Waals surface area contributed by atoms with Crippen molar-refractivity contribution in [1.29, 1.82) is 0 Å². The largest absolute Gasteiger partial charge is 0.460 e. The number of pyridine rings is 1. The van der Waals surface area contributed by atoms with E-state index in [9.17, 15) is 19.5 Å². The van der Waals surface area contributed by atoms with Crippen molar-refractivity contribution in [3.8, 4) is 0 Å². The van der Waals surface area contributed by atoms with Gasteiger partial charge in [0.05, 0.1) is 29.9 Å². The Morgan fingerprint density at radius 1 is 0.907 bits per heavy atom. The number of nitrogens with two attached hydrogens (primary N) is 3. The molecule has 1 fully saturated rings. The number of ether oxygens (including phenoxy) is 1. The molecule has 0 bridgehead atoms. The monoisotopic (exact) mass is 750 g/mol. The van der Waals surface area contributed by atoms with E-state index < -0.39 is 82.9 Å². The second kappa shape index (κ2) is 20.6. The summed E-state index contributed by atoms with van der Waals surface area (Å²) in [5.74, 6) is -7.21. The minimum Gasteiger partial charge on any atom is -0.460 e. The molecule has 13 heteroatoms. The molecule has 0 aliphatic heterocycles. The molecule has 13 nitrogen and oxygen atoms in total. The van der Waals surface area contributed by atoms with Crippen molar-refractivity contribution in [2.75, 3.05) is 0 Å². The van der Waals surface area contributed by atoms with Crippen molar-refractivity contribution in [2.24, 2.45) is 46.3 Å². The summed E-state index contributed by atoms with van der Waals surface area (Å²) in [7, 11) is 0. The lowest BCUT2D eigenvalue weighted by Gasteiger charge is -2.45. The number of nitrogens with one attached hydrogen (secondary N) is 2. The molecule has 2 unspecified atom stereocenters. The van der Waals surface area contributed by atoms with Crippen LogP contribution in [0.25, 0.3) is 0 Å². The quantitative estimate of drug-likeness (QED) is 0.0850. The number of ketones is 2. The summed E-state index contributed by atoms with van der Waals surface area (Å²) in [6, 6.07) is 7.81. The van der Waals surface area contributed by atoms with E-state index in [4.69, 9.17) is 21.9 Å². The first-order valence-corrected chi connectivity index (χ1v) is 19.3. The summed E-state index contributed by atoms with van der Waals surface area (Å²) in [5.41, 5.74) is 17.4. The Kier molecular flexibility index (Phi) is 16.9. The van der Waals surface area contributed by atoms with E-state index in [2.05, 4.69) is 15.6 Å². The van der Waals surface area contributed by atoms with Crippen LogP contribution in [-0.2, 0) is 35.3 Å². The van der Waals surface area contributed by atoms with Gasteiger partial charge in [-0.15, -0.1) is 0 Å². The van der Waals surface area contributed by atoms with Gasteiger partial charge in [-0.1, -0.05) is 103 Å². The van der Waals surface area contributed by atoms with Gasteiger partial charge in [-0.25, -0.2) is 0 Å². The molecular weight excluding hydrogens is 688 g/mol. The van der Waals surface area contributed by atoms with Gasteiger partial charge in [0.2, 0.25) is 11.8 Å². The minimum absolute atomic E-state index is 0.163. The van der Waals surface area contributed by atoms with Crippen LogP contribution in [0.15, 0.2) is 54.7 Å². The van der Waals surface area contributed by atoms with Gasteiger partial charge in [-0.3, -0.25) is 29.0 Å². The number of amides is 2. The number of hydrogen-bond acceptors (Lipinski definition) is 11. The highest BCUT2D eigenvalue weighted by Gasteiger charge is 2.62. The molecule has 1 saturated carbocycles. The number of aliphatic hydroxyl groups excluding tert-OH is 1. The molecular formula is C41H62N6O7. The fourth-order valence-corrected chi connectivity index (χ4v) is 7.50. The maximum absolute atomic E-state index is 15.3. The Labute approximate surface area is 319 Å². The van der Waals surface area contributed by atoms with Crippen molar-refractivity contribution >= 4 is 29.4 Å². The third-order valence-corrected chi connectivity index (χ3v) is 11.1. The average Bonchev–Trinajstić information content (AvgIpc) is 3.17. The highest BCUT2D eigenvalue weighted by Crippen LogP contribution is 2.44. The molecule has 3 rings (SSSR count). The molecule has 0 radical (unpaired) electrons. The molecule has 1 aromatic carbocycles. The summed E-state index contributed by atoms with van der Waals surface area (Å²) in [6.45, 7) is 9.43. The SMILES string of the molecule is CC[C@H](C)[C@H](N)C(=O)C(NC(=O)[C@@](C(=O)[C@H](C)NC(=O)[C@H](C)N)(C(C)C)C(C(=O)OCc1ccccc1)[C@H](O)[C@@H](N)CC1CCCCC1)c1ccccn1. The second-order valence-electron chi connectivity index (χ2n) is 15.3. The molecule has 2 amide bonds. The highest BCUT2D eigenvalue weighted by molar-refractivity contribution is 6.13. The van der Waals surface area contributed by atoms with Gasteiger partial charge in [0, 0.05) is 12.2 Å². The standard InChI is InChI=1S/C41H62N6O7/c1-7-25(4)33(44)36(49)34(31-20-14-15-21-45-31)47-40(53)41(24(2)3,37(50)27(6)46-38(51)26(5)42)32(39(52)54-23-29-18-12-9-13-19-29)35(48)30(43)22-28-16-10-8-11-17-28/h9,12-15,18-21,24-28,30,32-35,48H,7-8,10-11,16-17,22-23,42-44H2,1-6H3,(H,46,51)(H,47,53)/t25-,26-,27-,30-,32?,33-,34?,35+,41-/m0/s1. The molecule has 298 valence electrons. The first kappa shape index (κ1) is 44.4. The van der Waals surface area contributed by atoms with Gasteiger partial charge >= 0.3 is 5.97 Å². The average molecular weight is 751 g/mol. The number of aromatic nitrogens is 1. The van der Waals surface area contributed by atoms with Crippen molar-refractivity contribution in [2.45, 2.75) is 129 Å². The smallest absolute Gasteiger partial charge is 0.313 e. The van der Waals surface area contributed by atoms with Gasteiger partial charge in [0.25, 0.3) is 0 Å². The minimum atomic E-state index is -2.45. The number of esters is 1. The lowest BCUT2D eigenvalue weighted by molar-refractivity contribution is -0.176. The predicted molar refractivity (Wildman–Crippen MR) is 206 cm³/mol. The van der Waals surface area contributed by atoms with Crippen LogP contribution in [0.4, 0.5) is 0 Å². The molecule has 1 heterocycles. The number of benzene rings is 1. The van der Waals surface area contributed by atoms with Crippen LogP contribution in [0.1, 0.15) is 104 Å². The first-order chi connectivity index (χ1) is 25.6. The molecule has 9 N–H and O–H groups in total. The summed E-state index contributed by atoms with van der Waals surface area (Å²) in [6.07, 6.45) is 5.50. The molecule has 1 aromatic heterocycles. The molecule has 2 aromatic rings. The van der Waals surface area contributed by atoms with Crippen molar-refractivity contribution in [3.05, 3.63) is 66.0 Å². The normalized spacial score (nSPS) is 19.2. The summed E-state index contributed by atoms with van der Waals surface area (Å²) in [5, 5.41) is 17.6. The second-order valence-corrected chi connectivity index (χ2v) is 15.3. The van der Waals surface area contributed by atoms with E-state index in [0.717, 1.165) is 32.1 Å². The Bertz CT molecular complexity index is 1530. The Balaban J connectivity index is 2.27. The van der Waals surface area contributed by atoms with Crippen LogP contribution in [0.2, 0.25) is 0 Å². The number of carbonyl (C=O) groups excluding carboxylic acids is 5. The summed E-state index contributed by atoms with van der Waals surface area (Å²) < 4.78 is 5.84. The topological polar surface area (TPSA) is 230 Å². The van der Waals surface area contributed by atoms with E-state index in [0.29, 0.717) is 18.4 Å². The van der Waals surface area contributed by atoms with Gasteiger partial charge in [0.1, 0.15) is 24.0 Å². The molecule has 1 aliphatic rings. The van der Waals surface area contributed by atoms with E-state index in [1.54, 1.807) is 62.4 Å². The van der Waals surface area contributed by atoms with Gasteiger partial charge < -0.3 is 37.7 Å². The molecule has 0 saturated heterocycles. The van der Waals surface area contributed by atoms with E-state index in [1.165, 1.54) is 20.0 Å². The number of rotatable bonds is 20. The Hall–Kier alpha value is -4.04. The maximum atomic E-state index is 15.3. The lowest BCUT2D eigenvalue weighted by Crippen LogP contribution is -2.66. The van der Waals surface area contributed by atoms with Crippen LogP contribution in [0.5, 0.6) is 0 Å². The van der Waals surface area contributed by atoms with Crippen LogP contribution in [0, 0.1) is 29.1 Å². The Morgan fingerprint density at radius 2 is 1.54 bits per heavy atom. The van der Waals surface area contributed by atoms with Gasteiger partial charge in [0.15, 0.2) is 11.6 Å². The number of nitrogens with zero attached hydrogens (tertiary/aromatic N) is 1. The van der Waals surface area contributed by atoms with Crippen LogP contribution < -0.4 is 27.8 Å². The zero-order chi connectivity index (χ0) is 40.2. The number of aliphatic hydroxyl groups is 1. The van der Waals surface area contributed by atoms with E-state index in [1.807, 2.05) is 13.8 Å². The third-order valence-electron chi connectivity index (χ3n) is 11.1. The molecule has 9 atom stereocenters. The zero-order valence-corrected chi connectivity index (χ0v) is 32.7. The zero-order valence-electron chi connectivity index (χ0n) is 32.7. The van der Waals surface area contributed by atoms with Crippen molar-refractivity contribution in [1.82, 2.24) is 15.6 Å². The van der Waals surface area contributed by atoms with Crippen LogP contribution in [0.3, 0.4) is 0 Å². The number of carbonyl (C=O) groups is 5. The lowest BCUT2D eigenvalue weighted by atomic mass is 9.59. The highest BCUT2D eigenvalue weighted by atomic mass is 16.5. The predicted octanol–water partition coefficient (Wildman–Crippen LogP) is 3.26. The number of hydrogen-bond donors (Lipinski definition) is 6. The van der Waals surface area contributed by atoms with E-state index in [-0.39, 0.29) is 24.1 Å². The number of Topliss-reactive ketones (excluding diaryl/α,β-unsaturated/α-hetero) is 2. The first-order valence-electron chi connectivity index (χ1n) is 19.3. The van der Waals surface area contributed by atoms with Gasteiger partial charge in [-0.2, -0.15) is 0 Å². The Morgan fingerprint density at radius 3 is 2.09 bits per heavy atom. The van der Waals surface area contributed by atoms with Crippen LogP contribution in [-0.4, -0.2) is 69.7 Å². The van der Waals surface area contributed by atoms with Crippen molar-refractivity contribution < 1.29 is 33.8 Å². The van der Waals surface area contributed by atoms with Gasteiger partial charge in [-0.05, 0) is 55.7 Å². The van der Waals surface area contributed by atoms with Crippen molar-refractivity contribution in [3.63, 3.8) is 0 Å². The summed E-state index contributed by atoms with van der Waals surface area (Å²) in [4.78, 5) is 76.4. The summed E-state index contributed by atoms with van der Waals surface area (Å²) >= 11 is 0. The van der Waals surface area contributed by atoms with Crippen LogP contribution >= 0.6 is 0 Å². The molecule has 1 aliphatic carbocycles. The molecule has 54 heavy (non-hydrogen) atoms.